The summed E-state index contributed by atoms with van der Waals surface area (Å²) >= 11 is 0. The molecule has 9 aromatic heterocycles. The molecule has 0 aromatic carbocycles. The van der Waals surface area contributed by atoms with E-state index in [-0.39, 0.29) is 0 Å². The molecule has 9 heterocycles. The Labute approximate surface area is 822 Å². The van der Waals surface area contributed by atoms with E-state index in [1.807, 2.05) is 0 Å². The van der Waals surface area contributed by atoms with Crippen molar-refractivity contribution in [1.29, 1.82) is 0 Å². The zero-order valence-corrected chi connectivity index (χ0v) is 85.6. The van der Waals surface area contributed by atoms with Gasteiger partial charge in [0.25, 0.3) is 0 Å². The first-order valence-corrected chi connectivity index (χ1v) is 58.0. The maximum absolute atomic E-state index is 6.28. The van der Waals surface area contributed by atoms with E-state index >= 15 is 0 Å². The lowest BCUT2D eigenvalue weighted by Gasteiger charge is -2.26. The molecule has 18 aliphatic rings. The maximum atomic E-state index is 6.28. The number of pyridine rings is 9. The Morgan fingerprint density at radius 3 is 0.566 bits per heavy atom. The molecule has 18 aliphatic carbocycles. The third-order valence-electron chi connectivity index (χ3n) is 35.1. The second kappa shape index (κ2) is 48.6. The van der Waals surface area contributed by atoms with E-state index in [0.717, 1.165) is 31.4 Å². The number of anilines is 1. The SMILES string of the molecule is CCCc1c2c(nc3c1CCCC3)CCCC2.CCc1c2c(nc3c1CCCC3)CCCC2.Cc1c2c(nc3c1CCCC3)CCCC2.Nc1c2c(nc3c1CCCC3)CCCC2.c1c2c(nc3c1CCC3)CCC2.c1c2c(nc3c1CCC3)CCCC2.c1c2c(nc3c1CCCC3)CCCC2.c1c2c(nc3c1CCCCC3)CCCCC2.c1c2c(nc3c1CCCCCC3)CCCCCC2. The van der Waals surface area contributed by atoms with Crippen molar-refractivity contribution in [1.82, 2.24) is 44.9 Å². The zero-order chi connectivity index (χ0) is 92.1. The zero-order valence-electron chi connectivity index (χ0n) is 85.6. The Morgan fingerprint density at radius 2 is 0.324 bits per heavy atom. The minimum absolute atomic E-state index is 1.09. The first-order valence-electron chi connectivity index (χ1n) is 58.0. The number of nitrogen functional groups attached to an aromatic ring is 1. The molecule has 27 rings (SSSR count). The molecule has 0 spiro atoms. The molecule has 0 aliphatic heterocycles. The van der Waals surface area contributed by atoms with Crippen molar-refractivity contribution >= 4 is 5.69 Å². The third kappa shape index (κ3) is 24.1. The number of aromatic nitrogens is 9. The van der Waals surface area contributed by atoms with Crippen LogP contribution >= 0.6 is 0 Å². The summed E-state index contributed by atoms with van der Waals surface area (Å²) in [5, 5.41) is 0. The van der Waals surface area contributed by atoms with E-state index in [1.54, 1.807) is 94.6 Å². The van der Waals surface area contributed by atoms with Crippen molar-refractivity contribution in [3.63, 3.8) is 0 Å². The Morgan fingerprint density at radius 1 is 0.169 bits per heavy atom. The fraction of sp³-hybridized carbons (Fsp3) is 0.643. The standard InChI is InChI=1S/C17H25N.C16H23N.2C15H21N.C14H19N.C13H18N2.C13H17N.C12H15N.C11H13N/c1-3-7-11-16-14(9-5-1)13-15-10-6-2-4-8-12-17(15)18-16;1-2-7-12-13-8-3-5-10-15(13)17-16-11-6-4-9-14(12)16;1-3-7-12-11-13-8-4-2-6-10-15(13)16-14(12)9-5-1;1-2-11-12-7-3-5-9-14(12)16-15-10-6-4-8-13(11)15;1-10-11-6-2-4-8-13(11)15-14-9-5-3-7-12(10)14;14-13-9-5-1-3-7-11(9)15-12-8-4-2-6-10(12)13;1-3-7-12-10(5-1)9-11-6-2-4-8-13(11)14-12;1-2-6-11-9(4-1)8-10-5-3-7-12(10)13-11;1-3-8-7-9-4-2-6-11(9)12-10(8)5-1/h13H,1-12H2;2-11H2,1H3;11H,1-10H2;2-10H2,1H3;2-9H2,1H3;1-8H2,(H2,14,15);9H,1-8H2;8H,1-7H2;7H,1-6H2. The summed E-state index contributed by atoms with van der Waals surface area (Å²) < 4.78 is 0. The van der Waals surface area contributed by atoms with Gasteiger partial charge in [0.15, 0.2) is 0 Å². The molecule has 0 fully saturated rings. The highest BCUT2D eigenvalue weighted by molar-refractivity contribution is 5.59. The summed E-state index contributed by atoms with van der Waals surface area (Å²) in [5.41, 5.74) is 65.9. The fourth-order valence-corrected chi connectivity index (χ4v) is 27.6. The van der Waals surface area contributed by atoms with Crippen molar-refractivity contribution in [2.24, 2.45) is 0 Å². The number of hydrogen-bond acceptors (Lipinski definition) is 10. The van der Waals surface area contributed by atoms with E-state index in [2.05, 4.69) is 51.1 Å². The van der Waals surface area contributed by atoms with Crippen molar-refractivity contribution in [2.75, 3.05) is 5.73 Å². The average Bonchev–Trinajstić information content (AvgIpc) is 0.782. The van der Waals surface area contributed by atoms with Gasteiger partial charge in [0.2, 0.25) is 0 Å². The largest absolute Gasteiger partial charge is 0.398 e. The van der Waals surface area contributed by atoms with Gasteiger partial charge in [-0.1, -0.05) is 89.1 Å². The Hall–Kier alpha value is -7.85. The van der Waals surface area contributed by atoms with Crippen LogP contribution in [-0.2, 0) is 244 Å². The maximum Gasteiger partial charge on any atom is 0.0459 e. The van der Waals surface area contributed by atoms with Crippen LogP contribution < -0.4 is 5.73 Å². The Kier molecular flexibility index (Phi) is 34.6. The van der Waals surface area contributed by atoms with Crippen LogP contribution in [-0.4, -0.2) is 44.9 Å². The minimum atomic E-state index is 1.09. The van der Waals surface area contributed by atoms with Gasteiger partial charge >= 0.3 is 0 Å². The second-order valence-corrected chi connectivity index (χ2v) is 44.7. The summed E-state index contributed by atoms with van der Waals surface area (Å²) in [4.78, 5) is 44.1. The van der Waals surface area contributed by atoms with Crippen molar-refractivity contribution in [2.45, 2.75) is 522 Å². The van der Waals surface area contributed by atoms with Crippen LogP contribution in [0.15, 0.2) is 30.3 Å². The van der Waals surface area contributed by atoms with Gasteiger partial charge in [-0.05, 0) is 580 Å². The predicted molar refractivity (Wildman–Crippen MR) is 564 cm³/mol. The smallest absolute Gasteiger partial charge is 0.0459 e. The summed E-state index contributed by atoms with van der Waals surface area (Å²) in [6.07, 6.45) is 101. The molecule has 0 saturated heterocycles. The summed E-state index contributed by atoms with van der Waals surface area (Å²) in [6.45, 7) is 6.96. The van der Waals surface area contributed by atoms with Gasteiger partial charge in [-0.3, -0.25) is 44.9 Å². The molecular weight excluding hydrogens is 1650 g/mol. The number of nitrogens with zero attached hydrogens (tertiary/aromatic N) is 9. The highest BCUT2D eigenvalue weighted by atomic mass is 14.8. The van der Waals surface area contributed by atoms with Gasteiger partial charge in [-0.2, -0.15) is 0 Å². The monoisotopic (exact) mass is 1830 g/mol. The van der Waals surface area contributed by atoms with E-state index in [0.29, 0.717) is 0 Å². The second-order valence-electron chi connectivity index (χ2n) is 44.7. The van der Waals surface area contributed by atoms with Gasteiger partial charge in [-0.25, -0.2) is 0 Å². The molecular formula is C126H172N10. The van der Waals surface area contributed by atoms with Crippen LogP contribution in [0.2, 0.25) is 0 Å². The lowest BCUT2D eigenvalue weighted by atomic mass is 9.83. The van der Waals surface area contributed by atoms with Gasteiger partial charge < -0.3 is 5.73 Å². The van der Waals surface area contributed by atoms with Gasteiger partial charge in [-0.15, -0.1) is 0 Å². The number of nitrogens with two attached hydrogens (primary N) is 1. The third-order valence-corrected chi connectivity index (χ3v) is 35.1. The summed E-state index contributed by atoms with van der Waals surface area (Å²) in [5.74, 6) is 0. The van der Waals surface area contributed by atoms with Crippen LogP contribution in [0.5, 0.6) is 0 Å². The minimum Gasteiger partial charge on any atom is -0.398 e. The molecule has 0 unspecified atom stereocenters. The van der Waals surface area contributed by atoms with E-state index in [1.165, 1.54) is 600 Å². The molecule has 2 N–H and O–H groups in total. The quantitative estimate of drug-likeness (QED) is 0.170. The van der Waals surface area contributed by atoms with Gasteiger partial charge in [0.05, 0.1) is 0 Å². The molecule has 726 valence electrons. The van der Waals surface area contributed by atoms with E-state index < -0.39 is 0 Å². The van der Waals surface area contributed by atoms with Gasteiger partial charge in [0, 0.05) is 108 Å². The van der Waals surface area contributed by atoms with Crippen LogP contribution in [0.25, 0.3) is 0 Å². The van der Waals surface area contributed by atoms with Crippen molar-refractivity contribution < 1.29 is 0 Å². The fourth-order valence-electron chi connectivity index (χ4n) is 27.6. The van der Waals surface area contributed by atoms with Crippen molar-refractivity contribution in [3.8, 4) is 0 Å². The normalized spacial score (nSPS) is 19.7. The molecule has 0 atom stereocenters. The molecule has 0 amide bonds. The van der Waals surface area contributed by atoms with Crippen LogP contribution in [0, 0.1) is 6.92 Å². The molecule has 10 nitrogen and oxygen atoms in total. The van der Waals surface area contributed by atoms with Gasteiger partial charge in [0.1, 0.15) is 0 Å². The molecule has 0 radical (unpaired) electrons. The average molecular weight is 1830 g/mol. The number of fused-ring (bicyclic) bond motifs is 18. The topological polar surface area (TPSA) is 142 Å². The van der Waals surface area contributed by atoms with Crippen LogP contribution in [0.3, 0.4) is 0 Å². The summed E-state index contributed by atoms with van der Waals surface area (Å²) in [7, 11) is 0. The molecule has 9 aromatic rings. The highest BCUT2D eigenvalue weighted by Crippen LogP contribution is 2.40. The summed E-state index contributed by atoms with van der Waals surface area (Å²) in [6, 6.07) is 12.3. The number of rotatable bonds is 3. The Bertz CT molecular complexity index is 5060. The molecule has 0 saturated carbocycles. The lowest BCUT2D eigenvalue weighted by molar-refractivity contribution is 0.587. The molecule has 136 heavy (non-hydrogen) atoms. The predicted octanol–water partition coefficient (Wildman–Crippen LogP) is 28.1. The van der Waals surface area contributed by atoms with Crippen molar-refractivity contribution in [3.05, 3.63) is 250 Å². The number of hydrogen-bond donors (Lipinski definition) is 1. The van der Waals surface area contributed by atoms with E-state index in [4.69, 9.17) is 50.6 Å². The first-order chi connectivity index (χ1) is 67.2. The Balaban J connectivity index is 0.0000000983. The number of aryl methyl sites for hydroxylation is 28. The highest BCUT2D eigenvalue weighted by Gasteiger charge is 2.30. The first kappa shape index (κ1) is 97.0. The lowest BCUT2D eigenvalue weighted by Crippen LogP contribution is -2.17. The van der Waals surface area contributed by atoms with Crippen LogP contribution in [0.4, 0.5) is 5.69 Å². The van der Waals surface area contributed by atoms with Crippen LogP contribution in [0.1, 0.15) is 490 Å². The molecule has 10 heteroatoms. The molecule has 0 bridgehead atoms. The van der Waals surface area contributed by atoms with E-state index in [9.17, 15) is 0 Å².